The Labute approximate surface area is 180 Å². The summed E-state index contributed by atoms with van der Waals surface area (Å²) in [6.45, 7) is 9.43. The SMILES string of the molecule is CC(=O)O[C@@H]1CC[C@@]2(C)[C@H](CC[C@@H]3[C@@H]2[C@@H](OC(C)=O)C[C@]2(C)[C@@H](C(C)=O)CC[C@@H]32)C1. The van der Waals surface area contributed by atoms with Crippen molar-refractivity contribution >= 4 is 17.7 Å². The lowest BCUT2D eigenvalue weighted by Gasteiger charge is -2.62. The molecule has 0 aromatic rings. The molecule has 9 atom stereocenters. The fraction of sp³-hybridized carbons (Fsp3) is 0.880. The lowest BCUT2D eigenvalue weighted by molar-refractivity contribution is -0.200. The molecule has 0 aromatic carbocycles. The number of hydrogen-bond acceptors (Lipinski definition) is 5. The van der Waals surface area contributed by atoms with E-state index in [0.717, 1.165) is 51.4 Å². The Balaban J connectivity index is 1.66. The summed E-state index contributed by atoms with van der Waals surface area (Å²) < 4.78 is 11.6. The molecule has 4 rings (SSSR count). The highest BCUT2D eigenvalue weighted by Crippen LogP contribution is 2.68. The first-order valence-electron chi connectivity index (χ1n) is 11.9. The first-order chi connectivity index (χ1) is 14.1. The van der Waals surface area contributed by atoms with Gasteiger partial charge in [-0.25, -0.2) is 0 Å². The zero-order valence-corrected chi connectivity index (χ0v) is 19.2. The van der Waals surface area contributed by atoms with Gasteiger partial charge in [-0.05, 0) is 86.9 Å². The number of carbonyl (C=O) groups is 3. The number of ketones is 1. The smallest absolute Gasteiger partial charge is 0.302 e. The zero-order chi connectivity index (χ0) is 21.8. The van der Waals surface area contributed by atoms with Crippen molar-refractivity contribution in [2.24, 2.45) is 40.4 Å². The molecule has 0 bridgehead atoms. The molecule has 168 valence electrons. The van der Waals surface area contributed by atoms with Crippen LogP contribution in [0.15, 0.2) is 0 Å². The number of fused-ring (bicyclic) bond motifs is 5. The molecule has 0 radical (unpaired) electrons. The molecule has 5 nitrogen and oxygen atoms in total. The standard InChI is InChI=1S/C25H38O5/c1-14(26)20-8-9-21-19-7-6-17-12-18(29-15(2)27)10-11-24(17,4)23(19)22(30-16(3)28)13-25(20,21)5/h17-23H,6-13H2,1-5H3/t17-,18-,19+,20-,21+,22+,23-,24+,25-/m1/s1. The van der Waals surface area contributed by atoms with Crippen molar-refractivity contribution in [1.29, 1.82) is 0 Å². The van der Waals surface area contributed by atoms with Crippen molar-refractivity contribution in [1.82, 2.24) is 0 Å². The Morgan fingerprint density at radius 1 is 0.833 bits per heavy atom. The van der Waals surface area contributed by atoms with Crippen LogP contribution in [-0.4, -0.2) is 29.9 Å². The lowest BCUT2D eigenvalue weighted by Crippen LogP contribution is -2.60. The quantitative estimate of drug-likeness (QED) is 0.621. The van der Waals surface area contributed by atoms with Gasteiger partial charge in [0.25, 0.3) is 0 Å². The van der Waals surface area contributed by atoms with Gasteiger partial charge in [0.1, 0.15) is 18.0 Å². The van der Waals surface area contributed by atoms with Crippen LogP contribution < -0.4 is 0 Å². The van der Waals surface area contributed by atoms with E-state index in [1.165, 1.54) is 13.8 Å². The maximum Gasteiger partial charge on any atom is 0.302 e. The van der Waals surface area contributed by atoms with Crippen molar-refractivity contribution in [3.8, 4) is 0 Å². The number of Topliss-reactive ketones (excluding diaryl/α,β-unsaturated/α-hetero) is 1. The molecule has 4 aliphatic rings. The van der Waals surface area contributed by atoms with Crippen LogP contribution in [-0.2, 0) is 23.9 Å². The topological polar surface area (TPSA) is 69.7 Å². The van der Waals surface area contributed by atoms with Gasteiger partial charge in [0.05, 0.1) is 0 Å². The zero-order valence-electron chi connectivity index (χ0n) is 19.2. The van der Waals surface area contributed by atoms with E-state index in [0.29, 0.717) is 29.5 Å². The molecule has 4 saturated carbocycles. The lowest BCUT2D eigenvalue weighted by atomic mass is 9.43. The number of hydrogen-bond donors (Lipinski definition) is 0. The van der Waals surface area contributed by atoms with Gasteiger partial charge >= 0.3 is 11.9 Å². The van der Waals surface area contributed by atoms with E-state index >= 15 is 0 Å². The minimum absolute atomic E-state index is 0.0201. The highest BCUT2D eigenvalue weighted by molar-refractivity contribution is 5.79. The molecule has 30 heavy (non-hydrogen) atoms. The Morgan fingerprint density at radius 3 is 2.17 bits per heavy atom. The van der Waals surface area contributed by atoms with E-state index in [1.54, 1.807) is 6.92 Å². The van der Waals surface area contributed by atoms with Crippen LogP contribution in [0.1, 0.15) is 86.0 Å². The summed E-state index contributed by atoms with van der Waals surface area (Å²) in [6, 6.07) is 0. The van der Waals surface area contributed by atoms with Crippen LogP contribution in [0.3, 0.4) is 0 Å². The van der Waals surface area contributed by atoms with E-state index in [-0.39, 0.29) is 40.9 Å². The first kappa shape index (κ1) is 21.8. The van der Waals surface area contributed by atoms with Crippen LogP contribution >= 0.6 is 0 Å². The van der Waals surface area contributed by atoms with E-state index in [4.69, 9.17) is 9.47 Å². The highest BCUT2D eigenvalue weighted by atomic mass is 16.5. The maximum atomic E-state index is 12.5. The van der Waals surface area contributed by atoms with Crippen LogP contribution in [0, 0.1) is 40.4 Å². The summed E-state index contributed by atoms with van der Waals surface area (Å²) in [6.07, 6.45) is 7.88. The largest absolute Gasteiger partial charge is 0.463 e. The van der Waals surface area contributed by atoms with Gasteiger partial charge in [0, 0.05) is 25.7 Å². The summed E-state index contributed by atoms with van der Waals surface area (Å²) in [4.78, 5) is 36.0. The summed E-state index contributed by atoms with van der Waals surface area (Å²) in [5.74, 6) is 1.85. The average Bonchev–Trinajstić information content (AvgIpc) is 2.97. The van der Waals surface area contributed by atoms with Crippen LogP contribution in [0.25, 0.3) is 0 Å². The number of carbonyl (C=O) groups excluding carboxylic acids is 3. The fourth-order valence-corrected chi connectivity index (χ4v) is 8.64. The van der Waals surface area contributed by atoms with Gasteiger partial charge in [-0.15, -0.1) is 0 Å². The predicted molar refractivity (Wildman–Crippen MR) is 112 cm³/mol. The molecule has 0 unspecified atom stereocenters. The summed E-state index contributed by atoms with van der Waals surface area (Å²) >= 11 is 0. The number of ether oxygens (including phenoxy) is 2. The minimum Gasteiger partial charge on any atom is -0.463 e. The second-order valence-electron chi connectivity index (χ2n) is 11.2. The monoisotopic (exact) mass is 418 g/mol. The van der Waals surface area contributed by atoms with E-state index < -0.39 is 0 Å². The fourth-order valence-electron chi connectivity index (χ4n) is 8.64. The molecule has 4 fully saturated rings. The third kappa shape index (κ3) is 3.40. The van der Waals surface area contributed by atoms with Crippen molar-refractivity contribution < 1.29 is 23.9 Å². The molecule has 0 N–H and O–H groups in total. The Bertz CT molecular complexity index is 731. The van der Waals surface area contributed by atoms with Crippen molar-refractivity contribution in [3.63, 3.8) is 0 Å². The van der Waals surface area contributed by atoms with Crippen molar-refractivity contribution in [2.75, 3.05) is 0 Å². The molecule has 4 aliphatic carbocycles. The molecule has 0 aromatic heterocycles. The van der Waals surface area contributed by atoms with Crippen LogP contribution in [0.4, 0.5) is 0 Å². The molecule has 5 heteroatoms. The molecule has 0 saturated heterocycles. The van der Waals surface area contributed by atoms with Gasteiger partial charge in [-0.1, -0.05) is 13.8 Å². The Hall–Kier alpha value is -1.39. The number of esters is 2. The van der Waals surface area contributed by atoms with Crippen molar-refractivity contribution in [2.45, 2.75) is 98.2 Å². The minimum atomic E-state index is -0.211. The predicted octanol–water partition coefficient (Wildman–Crippen LogP) is 4.71. The van der Waals surface area contributed by atoms with Gasteiger partial charge < -0.3 is 9.47 Å². The normalized spacial score (nSPS) is 47.4. The average molecular weight is 419 g/mol. The first-order valence-corrected chi connectivity index (χ1v) is 11.9. The molecular weight excluding hydrogens is 380 g/mol. The molecule has 0 aliphatic heterocycles. The van der Waals surface area contributed by atoms with E-state index in [1.807, 2.05) is 0 Å². The van der Waals surface area contributed by atoms with E-state index in [9.17, 15) is 14.4 Å². The molecular formula is C25H38O5. The second kappa shape index (κ2) is 7.63. The molecule has 0 heterocycles. The van der Waals surface area contributed by atoms with E-state index in [2.05, 4.69) is 13.8 Å². The summed E-state index contributed by atoms with van der Waals surface area (Å²) in [7, 11) is 0. The van der Waals surface area contributed by atoms with Gasteiger partial charge in [-0.3, -0.25) is 14.4 Å². The third-order valence-corrected chi connectivity index (χ3v) is 9.66. The molecule has 0 spiro atoms. The van der Waals surface area contributed by atoms with Gasteiger partial charge in [-0.2, -0.15) is 0 Å². The Morgan fingerprint density at radius 2 is 1.53 bits per heavy atom. The maximum absolute atomic E-state index is 12.5. The van der Waals surface area contributed by atoms with Gasteiger partial charge in [0.2, 0.25) is 0 Å². The third-order valence-electron chi connectivity index (χ3n) is 9.66. The highest BCUT2D eigenvalue weighted by Gasteiger charge is 2.64. The molecule has 0 amide bonds. The van der Waals surface area contributed by atoms with Gasteiger partial charge in [0.15, 0.2) is 0 Å². The second-order valence-corrected chi connectivity index (χ2v) is 11.2. The Kier molecular flexibility index (Phi) is 5.55. The summed E-state index contributed by atoms with van der Waals surface area (Å²) in [5, 5.41) is 0. The van der Waals surface area contributed by atoms with Crippen LogP contribution in [0.5, 0.6) is 0 Å². The van der Waals surface area contributed by atoms with Crippen molar-refractivity contribution in [3.05, 3.63) is 0 Å². The van der Waals surface area contributed by atoms with Crippen LogP contribution in [0.2, 0.25) is 0 Å². The number of rotatable bonds is 3. The summed E-state index contributed by atoms with van der Waals surface area (Å²) in [5.41, 5.74) is 0.0284.